The van der Waals surface area contributed by atoms with Crippen LogP contribution in [0.1, 0.15) is 66.2 Å². The average molecular weight is 254 g/mol. The summed E-state index contributed by atoms with van der Waals surface area (Å²) >= 11 is 0. The minimum atomic E-state index is 0.533. The Morgan fingerprint density at radius 3 is 2.72 bits per heavy atom. The van der Waals surface area contributed by atoms with Crippen LogP contribution in [0.4, 0.5) is 0 Å². The average Bonchev–Trinajstić information content (AvgIpc) is 2.28. The first kappa shape index (κ1) is 16.0. The smallest absolute Gasteiger partial charge is 0.0107 e. The number of unbranched alkanes of at least 4 members (excludes halogenated alkanes) is 2. The molecule has 18 heavy (non-hydrogen) atoms. The first-order valence-electron chi connectivity index (χ1n) is 7.99. The molecule has 0 aromatic carbocycles. The van der Waals surface area contributed by atoms with E-state index in [-0.39, 0.29) is 0 Å². The van der Waals surface area contributed by atoms with E-state index < -0.39 is 0 Å². The van der Waals surface area contributed by atoms with Crippen molar-refractivity contribution in [3.05, 3.63) is 0 Å². The quantitative estimate of drug-likeness (QED) is 0.665. The van der Waals surface area contributed by atoms with Crippen LogP contribution in [0.2, 0.25) is 0 Å². The van der Waals surface area contributed by atoms with Crippen LogP contribution in [0, 0.1) is 5.41 Å². The van der Waals surface area contributed by atoms with Gasteiger partial charge in [-0.2, -0.15) is 0 Å². The van der Waals surface area contributed by atoms with Crippen molar-refractivity contribution in [3.63, 3.8) is 0 Å². The van der Waals surface area contributed by atoms with Gasteiger partial charge in [-0.3, -0.25) is 0 Å². The van der Waals surface area contributed by atoms with Crippen LogP contribution in [-0.4, -0.2) is 37.1 Å². The highest BCUT2D eigenvalue weighted by molar-refractivity contribution is 4.80. The maximum Gasteiger partial charge on any atom is 0.0107 e. The van der Waals surface area contributed by atoms with Crippen LogP contribution in [0.3, 0.4) is 0 Å². The largest absolute Gasteiger partial charge is 0.313 e. The molecule has 1 N–H and O–H groups in total. The second kappa shape index (κ2) is 8.16. The Labute approximate surface area is 115 Å². The number of piperidine rings is 1. The zero-order valence-electron chi connectivity index (χ0n) is 13.1. The summed E-state index contributed by atoms with van der Waals surface area (Å²) < 4.78 is 0. The molecule has 0 aliphatic carbocycles. The third-order valence-corrected chi connectivity index (χ3v) is 4.14. The molecular formula is C16H34N2. The van der Waals surface area contributed by atoms with Crippen LogP contribution in [-0.2, 0) is 0 Å². The van der Waals surface area contributed by atoms with E-state index in [2.05, 4.69) is 37.9 Å². The Balaban J connectivity index is 2.06. The summed E-state index contributed by atoms with van der Waals surface area (Å²) in [6.07, 6.45) is 8.19. The summed E-state index contributed by atoms with van der Waals surface area (Å²) in [5.41, 5.74) is 0.533. The lowest BCUT2D eigenvalue weighted by Gasteiger charge is -2.38. The summed E-state index contributed by atoms with van der Waals surface area (Å²) in [5.74, 6) is 0. The van der Waals surface area contributed by atoms with Crippen LogP contribution in [0.5, 0.6) is 0 Å². The van der Waals surface area contributed by atoms with Gasteiger partial charge in [-0.25, -0.2) is 0 Å². The van der Waals surface area contributed by atoms with Crippen molar-refractivity contribution in [2.45, 2.75) is 72.3 Å². The number of nitrogens with one attached hydrogen (secondary N) is 1. The van der Waals surface area contributed by atoms with E-state index in [1.807, 2.05) is 0 Å². The van der Waals surface area contributed by atoms with Gasteiger partial charge in [0.05, 0.1) is 0 Å². The van der Waals surface area contributed by atoms with Crippen LogP contribution in [0.15, 0.2) is 0 Å². The molecule has 1 rings (SSSR count). The number of hydrogen-bond donors (Lipinski definition) is 1. The fraction of sp³-hybridized carbons (Fsp3) is 1.00. The summed E-state index contributed by atoms with van der Waals surface area (Å²) in [6.45, 7) is 14.4. The molecule has 0 aromatic rings. The number of nitrogens with zero attached hydrogens (tertiary/aromatic N) is 1. The Morgan fingerprint density at radius 2 is 2.06 bits per heavy atom. The molecule has 0 radical (unpaired) electrons. The van der Waals surface area contributed by atoms with E-state index in [0.29, 0.717) is 11.5 Å². The molecule has 0 spiro atoms. The van der Waals surface area contributed by atoms with Crippen molar-refractivity contribution in [3.8, 4) is 0 Å². The van der Waals surface area contributed by atoms with Gasteiger partial charge in [0, 0.05) is 25.7 Å². The van der Waals surface area contributed by atoms with Crippen molar-refractivity contribution in [2.24, 2.45) is 5.41 Å². The SMILES string of the molecule is CCCCCC(C)NCCN1CCCC(C)(C)C1. The fourth-order valence-electron chi connectivity index (χ4n) is 3.01. The molecule has 1 heterocycles. The zero-order chi connectivity index (χ0) is 13.4. The zero-order valence-corrected chi connectivity index (χ0v) is 13.1. The summed E-state index contributed by atoms with van der Waals surface area (Å²) in [5, 5.41) is 3.67. The standard InChI is InChI=1S/C16H34N2/c1-5-6-7-9-15(2)17-11-13-18-12-8-10-16(3,4)14-18/h15,17H,5-14H2,1-4H3. The molecular weight excluding hydrogens is 220 g/mol. The van der Waals surface area contributed by atoms with E-state index in [4.69, 9.17) is 0 Å². The first-order chi connectivity index (χ1) is 8.53. The molecule has 2 heteroatoms. The van der Waals surface area contributed by atoms with Gasteiger partial charge in [0.15, 0.2) is 0 Å². The predicted molar refractivity (Wildman–Crippen MR) is 81.1 cm³/mol. The molecule has 0 amide bonds. The normalized spacial score (nSPS) is 22.0. The van der Waals surface area contributed by atoms with Gasteiger partial charge in [0.25, 0.3) is 0 Å². The van der Waals surface area contributed by atoms with Crippen molar-refractivity contribution in [1.82, 2.24) is 10.2 Å². The second-order valence-electron chi connectivity index (χ2n) is 6.89. The van der Waals surface area contributed by atoms with Crippen molar-refractivity contribution < 1.29 is 0 Å². The molecule has 1 aliphatic rings. The Morgan fingerprint density at radius 1 is 1.28 bits per heavy atom. The monoisotopic (exact) mass is 254 g/mol. The van der Waals surface area contributed by atoms with Gasteiger partial charge in [0.2, 0.25) is 0 Å². The Kier molecular flexibility index (Phi) is 7.25. The van der Waals surface area contributed by atoms with Crippen molar-refractivity contribution in [2.75, 3.05) is 26.2 Å². The number of rotatable bonds is 8. The van der Waals surface area contributed by atoms with Crippen molar-refractivity contribution >= 4 is 0 Å². The molecule has 0 bridgehead atoms. The maximum absolute atomic E-state index is 3.67. The second-order valence-corrected chi connectivity index (χ2v) is 6.89. The lowest BCUT2D eigenvalue weighted by Crippen LogP contribution is -2.44. The molecule has 1 atom stereocenters. The molecule has 1 fully saturated rings. The minimum absolute atomic E-state index is 0.533. The van der Waals surface area contributed by atoms with Crippen LogP contribution >= 0.6 is 0 Å². The van der Waals surface area contributed by atoms with Gasteiger partial charge in [0.1, 0.15) is 0 Å². The minimum Gasteiger partial charge on any atom is -0.313 e. The maximum atomic E-state index is 3.67. The van der Waals surface area contributed by atoms with E-state index in [1.165, 1.54) is 58.2 Å². The lowest BCUT2D eigenvalue weighted by atomic mass is 9.84. The summed E-state index contributed by atoms with van der Waals surface area (Å²) in [7, 11) is 0. The molecule has 2 nitrogen and oxygen atoms in total. The molecule has 1 aliphatic heterocycles. The van der Waals surface area contributed by atoms with Crippen LogP contribution in [0.25, 0.3) is 0 Å². The molecule has 108 valence electrons. The highest BCUT2D eigenvalue weighted by Crippen LogP contribution is 2.27. The van der Waals surface area contributed by atoms with Gasteiger partial charge in [-0.1, -0.05) is 40.0 Å². The third-order valence-electron chi connectivity index (χ3n) is 4.14. The Bertz CT molecular complexity index is 213. The van der Waals surface area contributed by atoms with E-state index in [9.17, 15) is 0 Å². The van der Waals surface area contributed by atoms with Gasteiger partial charge < -0.3 is 10.2 Å². The first-order valence-corrected chi connectivity index (χ1v) is 7.99. The van der Waals surface area contributed by atoms with E-state index in [0.717, 1.165) is 6.54 Å². The number of likely N-dealkylation sites (tertiary alicyclic amines) is 1. The third kappa shape index (κ3) is 6.75. The topological polar surface area (TPSA) is 15.3 Å². The number of hydrogen-bond acceptors (Lipinski definition) is 2. The predicted octanol–water partition coefficient (Wildman–Crippen LogP) is 3.67. The summed E-state index contributed by atoms with van der Waals surface area (Å²) in [4.78, 5) is 2.63. The van der Waals surface area contributed by atoms with Gasteiger partial charge in [-0.05, 0) is 38.1 Å². The summed E-state index contributed by atoms with van der Waals surface area (Å²) in [6, 6.07) is 0.689. The molecule has 0 saturated carbocycles. The fourth-order valence-corrected chi connectivity index (χ4v) is 3.01. The van der Waals surface area contributed by atoms with Crippen LogP contribution < -0.4 is 5.32 Å². The molecule has 0 aromatic heterocycles. The van der Waals surface area contributed by atoms with E-state index in [1.54, 1.807) is 0 Å². The molecule has 1 saturated heterocycles. The van der Waals surface area contributed by atoms with Gasteiger partial charge >= 0.3 is 0 Å². The Hall–Kier alpha value is -0.0800. The highest BCUT2D eigenvalue weighted by atomic mass is 15.2. The molecule has 1 unspecified atom stereocenters. The van der Waals surface area contributed by atoms with E-state index >= 15 is 0 Å². The van der Waals surface area contributed by atoms with Crippen molar-refractivity contribution in [1.29, 1.82) is 0 Å². The van der Waals surface area contributed by atoms with Gasteiger partial charge in [-0.15, -0.1) is 0 Å². The highest BCUT2D eigenvalue weighted by Gasteiger charge is 2.25. The lowest BCUT2D eigenvalue weighted by molar-refractivity contribution is 0.118.